The molecular weight excluding hydrogens is 342 g/mol. The minimum Gasteiger partial charge on any atom is -0.463 e. The number of amidine groups is 1. The normalized spacial score (nSPS) is 17.9. The van der Waals surface area contributed by atoms with Crippen molar-refractivity contribution in [3.8, 4) is 0 Å². The highest BCUT2D eigenvalue weighted by Gasteiger charge is 2.73. The largest absolute Gasteiger partial charge is 0.463 e. The SMILES string of the molecule is COC(F)(C(F)(F)F)C(F)(F)c1ccc(N(C)C2=NCCO2)cc1. The van der Waals surface area contributed by atoms with E-state index in [-0.39, 0.29) is 13.1 Å². The Morgan fingerprint density at radius 3 is 2.08 bits per heavy atom. The highest BCUT2D eigenvalue weighted by atomic mass is 19.4. The van der Waals surface area contributed by atoms with Gasteiger partial charge in [-0.05, 0) is 12.1 Å². The van der Waals surface area contributed by atoms with Gasteiger partial charge in [-0.2, -0.15) is 26.3 Å². The van der Waals surface area contributed by atoms with Crippen LogP contribution >= 0.6 is 0 Å². The van der Waals surface area contributed by atoms with Crippen LogP contribution in [0.25, 0.3) is 0 Å². The van der Waals surface area contributed by atoms with Gasteiger partial charge in [-0.1, -0.05) is 12.1 Å². The summed E-state index contributed by atoms with van der Waals surface area (Å²) in [4.78, 5) is 5.44. The van der Waals surface area contributed by atoms with Crippen LogP contribution in [-0.4, -0.2) is 45.4 Å². The lowest BCUT2D eigenvalue weighted by Crippen LogP contribution is -2.55. The van der Waals surface area contributed by atoms with Crippen LogP contribution in [0.3, 0.4) is 0 Å². The molecule has 2 rings (SSSR count). The average molecular weight is 356 g/mol. The van der Waals surface area contributed by atoms with Crippen LogP contribution in [0, 0.1) is 0 Å². The third-order valence-corrected chi connectivity index (χ3v) is 3.52. The Hall–Kier alpha value is -1.97. The molecule has 0 N–H and O–H groups in total. The standard InChI is InChI=1S/C14H14F6N2O2/c1-22(11-21-7-8-24-11)10-5-3-9(4-6-10)12(15,16)13(17,23-2)14(18,19)20/h3-6H,7-8H2,1-2H3. The highest BCUT2D eigenvalue weighted by molar-refractivity contribution is 5.91. The van der Waals surface area contributed by atoms with Crippen molar-refractivity contribution in [1.29, 1.82) is 0 Å². The van der Waals surface area contributed by atoms with Crippen LogP contribution in [0.1, 0.15) is 5.56 Å². The minimum absolute atomic E-state index is 0.235. The molecule has 1 aromatic carbocycles. The molecule has 0 aromatic heterocycles. The molecule has 1 aliphatic heterocycles. The fourth-order valence-corrected chi connectivity index (χ4v) is 2.14. The Morgan fingerprint density at radius 1 is 1.08 bits per heavy atom. The fraction of sp³-hybridized carbons (Fsp3) is 0.500. The Balaban J connectivity index is 2.32. The first-order valence-electron chi connectivity index (χ1n) is 6.74. The molecule has 1 aliphatic rings. The van der Waals surface area contributed by atoms with Gasteiger partial charge < -0.3 is 9.47 Å². The van der Waals surface area contributed by atoms with Crippen LogP contribution in [0.4, 0.5) is 32.0 Å². The van der Waals surface area contributed by atoms with Gasteiger partial charge in [0.25, 0.3) is 6.02 Å². The number of hydrogen-bond donors (Lipinski definition) is 0. The lowest BCUT2D eigenvalue weighted by Gasteiger charge is -2.33. The zero-order valence-electron chi connectivity index (χ0n) is 12.7. The minimum atomic E-state index is -5.91. The molecule has 0 aliphatic carbocycles. The van der Waals surface area contributed by atoms with E-state index in [4.69, 9.17) is 4.74 Å². The zero-order valence-corrected chi connectivity index (χ0v) is 12.7. The Bertz CT molecular complexity index is 617. The number of hydrogen-bond acceptors (Lipinski definition) is 4. The van der Waals surface area contributed by atoms with Gasteiger partial charge in [-0.15, -0.1) is 0 Å². The van der Waals surface area contributed by atoms with E-state index in [1.807, 2.05) is 0 Å². The maximum absolute atomic E-state index is 14.1. The van der Waals surface area contributed by atoms with Gasteiger partial charge in [-0.25, -0.2) is 4.99 Å². The third-order valence-electron chi connectivity index (χ3n) is 3.52. The van der Waals surface area contributed by atoms with Crippen LogP contribution < -0.4 is 4.90 Å². The van der Waals surface area contributed by atoms with Gasteiger partial charge >= 0.3 is 18.0 Å². The number of methoxy groups -OCH3 is 1. The van der Waals surface area contributed by atoms with Crippen molar-refractivity contribution in [1.82, 2.24) is 0 Å². The summed E-state index contributed by atoms with van der Waals surface area (Å²) >= 11 is 0. The van der Waals surface area contributed by atoms with Gasteiger partial charge in [0.1, 0.15) is 6.61 Å². The van der Waals surface area contributed by atoms with Crippen molar-refractivity contribution >= 4 is 11.7 Å². The number of alkyl halides is 6. The molecule has 1 heterocycles. The van der Waals surface area contributed by atoms with Crippen LogP contribution in [0.5, 0.6) is 0 Å². The number of anilines is 1. The van der Waals surface area contributed by atoms with E-state index >= 15 is 0 Å². The van der Waals surface area contributed by atoms with Crippen molar-refractivity contribution in [2.75, 3.05) is 32.2 Å². The van der Waals surface area contributed by atoms with Crippen molar-refractivity contribution in [2.45, 2.75) is 18.0 Å². The molecule has 0 bridgehead atoms. The average Bonchev–Trinajstić information content (AvgIpc) is 3.06. The zero-order chi connectivity index (χ0) is 18.2. The second-order valence-electron chi connectivity index (χ2n) is 4.99. The predicted octanol–water partition coefficient (Wildman–Crippen LogP) is 3.48. The van der Waals surface area contributed by atoms with Gasteiger partial charge in [0, 0.05) is 25.4 Å². The molecule has 1 atom stereocenters. The summed E-state index contributed by atoms with van der Waals surface area (Å²) in [6.07, 6.45) is -5.91. The summed E-state index contributed by atoms with van der Waals surface area (Å²) in [5, 5.41) is 0. The molecule has 134 valence electrons. The van der Waals surface area contributed by atoms with E-state index in [0.717, 1.165) is 12.1 Å². The molecule has 0 radical (unpaired) electrons. The molecule has 0 amide bonds. The Morgan fingerprint density at radius 2 is 1.67 bits per heavy atom. The molecular formula is C14H14F6N2O2. The molecule has 4 nitrogen and oxygen atoms in total. The molecule has 1 unspecified atom stereocenters. The summed E-state index contributed by atoms with van der Waals surface area (Å²) in [6, 6.07) is 3.86. The van der Waals surface area contributed by atoms with Crippen molar-refractivity contribution in [3.05, 3.63) is 29.8 Å². The fourth-order valence-electron chi connectivity index (χ4n) is 2.14. The number of benzene rings is 1. The summed E-state index contributed by atoms with van der Waals surface area (Å²) in [5.74, 6) is -10.1. The molecule has 0 saturated carbocycles. The lowest BCUT2D eigenvalue weighted by atomic mass is 10.00. The molecule has 0 fully saturated rings. The number of rotatable bonds is 4. The first-order valence-corrected chi connectivity index (χ1v) is 6.74. The van der Waals surface area contributed by atoms with Crippen LogP contribution in [-0.2, 0) is 15.4 Å². The van der Waals surface area contributed by atoms with Gasteiger partial charge in [0.2, 0.25) is 0 Å². The summed E-state index contributed by atoms with van der Waals surface area (Å²) in [6.45, 7) is 0.819. The highest BCUT2D eigenvalue weighted by Crippen LogP contribution is 2.51. The van der Waals surface area contributed by atoms with Gasteiger partial charge in [-0.3, -0.25) is 4.90 Å². The predicted molar refractivity (Wildman–Crippen MR) is 73.9 cm³/mol. The monoisotopic (exact) mass is 356 g/mol. The van der Waals surface area contributed by atoms with Crippen molar-refractivity contribution in [2.24, 2.45) is 4.99 Å². The third kappa shape index (κ3) is 2.90. The van der Waals surface area contributed by atoms with E-state index in [2.05, 4.69) is 9.73 Å². The second kappa shape index (κ2) is 6.15. The molecule has 24 heavy (non-hydrogen) atoms. The number of aliphatic imine (C=N–C) groups is 1. The lowest BCUT2D eigenvalue weighted by molar-refractivity contribution is -0.398. The Labute approximate surface area is 133 Å². The Kier molecular flexibility index (Phi) is 4.71. The molecule has 10 heteroatoms. The molecule has 1 aromatic rings. The van der Waals surface area contributed by atoms with Crippen LogP contribution in [0.2, 0.25) is 0 Å². The summed E-state index contributed by atoms with van der Waals surface area (Å²) < 4.78 is 88.7. The second-order valence-corrected chi connectivity index (χ2v) is 4.99. The maximum atomic E-state index is 14.1. The molecule has 0 saturated heterocycles. The number of nitrogens with zero attached hydrogens (tertiary/aromatic N) is 2. The quantitative estimate of drug-likeness (QED) is 0.775. The molecule has 0 spiro atoms. The van der Waals surface area contributed by atoms with Crippen molar-refractivity contribution < 1.29 is 35.8 Å². The van der Waals surface area contributed by atoms with Gasteiger partial charge in [0.15, 0.2) is 0 Å². The first kappa shape index (κ1) is 18.4. The van der Waals surface area contributed by atoms with E-state index in [1.165, 1.54) is 4.90 Å². The van der Waals surface area contributed by atoms with Crippen LogP contribution in [0.15, 0.2) is 29.3 Å². The maximum Gasteiger partial charge on any atom is 0.455 e. The summed E-state index contributed by atoms with van der Waals surface area (Å²) in [5.41, 5.74) is -0.834. The smallest absolute Gasteiger partial charge is 0.455 e. The van der Waals surface area contributed by atoms with E-state index in [9.17, 15) is 26.3 Å². The van der Waals surface area contributed by atoms with Gasteiger partial charge in [0.05, 0.1) is 6.54 Å². The first-order chi connectivity index (χ1) is 11.0. The number of ether oxygens (including phenoxy) is 2. The van der Waals surface area contributed by atoms with Crippen molar-refractivity contribution in [3.63, 3.8) is 0 Å². The number of halogens is 6. The van der Waals surface area contributed by atoms with E-state index < -0.39 is 23.5 Å². The van der Waals surface area contributed by atoms with E-state index in [0.29, 0.717) is 31.0 Å². The topological polar surface area (TPSA) is 34.1 Å². The van der Waals surface area contributed by atoms with E-state index in [1.54, 1.807) is 7.05 Å². The summed E-state index contributed by atoms with van der Waals surface area (Å²) in [7, 11) is 1.78.